The number of halogens is 1. The molecule has 0 amide bonds. The van der Waals surface area contributed by atoms with E-state index in [4.69, 9.17) is 0 Å². The average molecular weight is 328 g/mol. The molecule has 18 heavy (non-hydrogen) atoms. The lowest BCUT2D eigenvalue weighted by Gasteiger charge is -2.23. The van der Waals surface area contributed by atoms with Crippen LogP contribution in [0.5, 0.6) is 0 Å². The van der Waals surface area contributed by atoms with Gasteiger partial charge in [-0.15, -0.1) is 0 Å². The summed E-state index contributed by atoms with van der Waals surface area (Å²) in [6.45, 7) is 3.47. The average Bonchev–Trinajstić information content (AvgIpc) is 2.40. The molecule has 2 unspecified atom stereocenters. The van der Waals surface area contributed by atoms with Gasteiger partial charge in [0.25, 0.3) is 0 Å². The van der Waals surface area contributed by atoms with E-state index in [1.165, 1.54) is 36.5 Å². The fourth-order valence-corrected chi connectivity index (χ4v) is 3.80. The maximum atomic E-state index is 3.69. The molecular formula is C15H22BrNS. The quantitative estimate of drug-likeness (QED) is 0.873. The van der Waals surface area contributed by atoms with E-state index >= 15 is 0 Å². The lowest BCUT2D eigenvalue weighted by atomic mass is 10.0. The Kier molecular flexibility index (Phi) is 6.06. The van der Waals surface area contributed by atoms with Gasteiger partial charge in [-0.3, -0.25) is 0 Å². The Hall–Kier alpha value is 0.01000. The second-order valence-corrected chi connectivity index (χ2v) is 7.29. The number of thioether (sulfide) groups is 1. The monoisotopic (exact) mass is 327 g/mol. The molecule has 2 rings (SSSR count). The van der Waals surface area contributed by atoms with Gasteiger partial charge < -0.3 is 5.32 Å². The van der Waals surface area contributed by atoms with Crippen LogP contribution < -0.4 is 5.32 Å². The van der Waals surface area contributed by atoms with Crippen LogP contribution in [0.25, 0.3) is 0 Å². The topological polar surface area (TPSA) is 12.0 Å². The third kappa shape index (κ3) is 4.94. The molecule has 0 aliphatic carbocycles. The van der Waals surface area contributed by atoms with Gasteiger partial charge in [-0.05, 0) is 67.9 Å². The van der Waals surface area contributed by atoms with Crippen molar-refractivity contribution >= 4 is 27.7 Å². The maximum Gasteiger partial charge on any atom is 0.0175 e. The minimum absolute atomic E-state index is 0.568. The zero-order valence-corrected chi connectivity index (χ0v) is 13.4. The molecule has 1 saturated heterocycles. The van der Waals surface area contributed by atoms with E-state index in [0.29, 0.717) is 6.04 Å². The Balaban J connectivity index is 1.71. The molecule has 100 valence electrons. The maximum absolute atomic E-state index is 3.69. The highest BCUT2D eigenvalue weighted by molar-refractivity contribution is 9.10. The largest absolute Gasteiger partial charge is 0.314 e. The summed E-state index contributed by atoms with van der Waals surface area (Å²) in [5.74, 6) is 3.60. The molecule has 1 fully saturated rings. The summed E-state index contributed by atoms with van der Waals surface area (Å²) >= 11 is 5.59. The van der Waals surface area contributed by atoms with Gasteiger partial charge in [0.15, 0.2) is 0 Å². The number of hydrogen-bond acceptors (Lipinski definition) is 2. The molecule has 3 heteroatoms. The van der Waals surface area contributed by atoms with Gasteiger partial charge in [0.1, 0.15) is 0 Å². The summed E-state index contributed by atoms with van der Waals surface area (Å²) < 4.78 is 1.16. The number of benzene rings is 1. The summed E-state index contributed by atoms with van der Waals surface area (Å²) in [4.78, 5) is 0. The van der Waals surface area contributed by atoms with Gasteiger partial charge in [-0.1, -0.05) is 28.1 Å². The highest BCUT2D eigenvalue weighted by atomic mass is 79.9. The summed E-state index contributed by atoms with van der Waals surface area (Å²) in [5.41, 5.74) is 1.41. The van der Waals surface area contributed by atoms with Crippen LogP contribution in [-0.4, -0.2) is 24.1 Å². The third-order valence-corrected chi connectivity index (χ3v) is 5.28. The fraction of sp³-hybridized carbons (Fsp3) is 0.600. The first kappa shape index (κ1) is 14.4. The lowest BCUT2D eigenvalue weighted by Crippen LogP contribution is -2.34. The smallest absolute Gasteiger partial charge is 0.0175 e. The molecule has 0 bridgehead atoms. The van der Waals surface area contributed by atoms with Crippen molar-refractivity contribution in [3.8, 4) is 0 Å². The highest BCUT2D eigenvalue weighted by Gasteiger charge is 2.14. The van der Waals surface area contributed by atoms with Crippen LogP contribution in [0.15, 0.2) is 28.7 Å². The van der Waals surface area contributed by atoms with Crippen LogP contribution >= 0.6 is 27.7 Å². The Morgan fingerprint density at radius 1 is 1.39 bits per heavy atom. The van der Waals surface area contributed by atoms with Gasteiger partial charge in [0.2, 0.25) is 0 Å². The van der Waals surface area contributed by atoms with Crippen molar-refractivity contribution in [2.45, 2.75) is 32.2 Å². The van der Waals surface area contributed by atoms with Crippen molar-refractivity contribution in [3.05, 3.63) is 34.3 Å². The van der Waals surface area contributed by atoms with Crippen LogP contribution in [0.3, 0.4) is 0 Å². The van der Waals surface area contributed by atoms with Crippen LogP contribution in [-0.2, 0) is 6.42 Å². The number of nitrogens with one attached hydrogen (secondary N) is 1. The molecule has 1 aromatic carbocycles. The van der Waals surface area contributed by atoms with Gasteiger partial charge >= 0.3 is 0 Å². The van der Waals surface area contributed by atoms with Gasteiger partial charge in [0.05, 0.1) is 0 Å². The fourth-order valence-electron chi connectivity index (χ4n) is 2.38. The van der Waals surface area contributed by atoms with E-state index < -0.39 is 0 Å². The Morgan fingerprint density at radius 2 is 2.17 bits per heavy atom. The first-order valence-electron chi connectivity index (χ1n) is 6.79. The zero-order valence-electron chi connectivity index (χ0n) is 11.0. The van der Waals surface area contributed by atoms with Crippen molar-refractivity contribution in [1.29, 1.82) is 0 Å². The first-order valence-corrected chi connectivity index (χ1v) is 8.74. The predicted octanol–water partition coefficient (Wildman–Crippen LogP) is 4.11. The van der Waals surface area contributed by atoms with Gasteiger partial charge in [-0.25, -0.2) is 0 Å². The lowest BCUT2D eigenvalue weighted by molar-refractivity contribution is 0.436. The summed E-state index contributed by atoms with van der Waals surface area (Å²) in [5, 5.41) is 3.69. The van der Waals surface area contributed by atoms with Crippen molar-refractivity contribution < 1.29 is 0 Å². The second kappa shape index (κ2) is 7.56. The van der Waals surface area contributed by atoms with E-state index in [9.17, 15) is 0 Å². The molecule has 0 aromatic heterocycles. The molecular weight excluding hydrogens is 306 g/mol. The molecule has 0 radical (unpaired) electrons. The van der Waals surface area contributed by atoms with Gasteiger partial charge in [-0.2, -0.15) is 11.8 Å². The minimum atomic E-state index is 0.568. The molecule has 2 atom stereocenters. The highest BCUT2D eigenvalue weighted by Crippen LogP contribution is 2.22. The van der Waals surface area contributed by atoms with E-state index in [0.717, 1.165) is 16.8 Å². The molecule has 1 N–H and O–H groups in total. The molecule has 1 aliphatic rings. The second-order valence-electron chi connectivity index (χ2n) is 5.22. The van der Waals surface area contributed by atoms with Crippen LogP contribution in [0, 0.1) is 5.92 Å². The molecule has 1 nitrogen and oxygen atoms in total. The van der Waals surface area contributed by atoms with Crippen molar-refractivity contribution in [3.63, 3.8) is 0 Å². The predicted molar refractivity (Wildman–Crippen MR) is 85.4 cm³/mol. The standard InChI is InChI=1S/C15H22BrNS/c1-12(9-13-4-6-15(16)7-5-13)17-10-14-3-2-8-18-11-14/h4-7,12,14,17H,2-3,8-11H2,1H3. The van der Waals surface area contributed by atoms with Crippen molar-refractivity contribution in [2.24, 2.45) is 5.92 Å². The normalized spacial score (nSPS) is 21.8. The molecule has 1 aliphatic heterocycles. The Bertz CT molecular complexity index is 346. The van der Waals surface area contributed by atoms with Crippen molar-refractivity contribution in [2.75, 3.05) is 18.1 Å². The van der Waals surface area contributed by atoms with E-state index in [1.54, 1.807) is 0 Å². The zero-order chi connectivity index (χ0) is 12.8. The Labute approximate surface area is 123 Å². The summed E-state index contributed by atoms with van der Waals surface area (Å²) in [6, 6.07) is 9.23. The van der Waals surface area contributed by atoms with E-state index in [-0.39, 0.29) is 0 Å². The first-order chi connectivity index (χ1) is 8.74. The molecule has 1 heterocycles. The van der Waals surface area contributed by atoms with Crippen molar-refractivity contribution in [1.82, 2.24) is 5.32 Å². The molecule has 0 spiro atoms. The van der Waals surface area contributed by atoms with E-state index in [2.05, 4.69) is 64.2 Å². The summed E-state index contributed by atoms with van der Waals surface area (Å²) in [7, 11) is 0. The van der Waals surface area contributed by atoms with Crippen LogP contribution in [0.1, 0.15) is 25.3 Å². The molecule has 0 saturated carbocycles. The molecule has 1 aromatic rings. The van der Waals surface area contributed by atoms with Gasteiger partial charge in [0, 0.05) is 10.5 Å². The number of rotatable bonds is 5. The Morgan fingerprint density at radius 3 is 2.83 bits per heavy atom. The van der Waals surface area contributed by atoms with Crippen LogP contribution in [0.2, 0.25) is 0 Å². The third-order valence-electron chi connectivity index (χ3n) is 3.46. The minimum Gasteiger partial charge on any atom is -0.314 e. The van der Waals surface area contributed by atoms with Crippen LogP contribution in [0.4, 0.5) is 0 Å². The number of hydrogen-bond donors (Lipinski definition) is 1. The van der Waals surface area contributed by atoms with E-state index in [1.807, 2.05) is 0 Å². The summed E-state index contributed by atoms with van der Waals surface area (Å²) in [6.07, 6.45) is 3.93. The SMILES string of the molecule is CC(Cc1ccc(Br)cc1)NCC1CCCSC1.